The molecule has 2 aromatic carbocycles. The van der Waals surface area contributed by atoms with E-state index in [2.05, 4.69) is 22.4 Å². The van der Waals surface area contributed by atoms with Crippen molar-refractivity contribution in [1.82, 2.24) is 9.97 Å². The molecule has 1 aliphatic carbocycles. The standard InChI is InChI=1S/C22H17ClN4S2/c23-15-4-1-3-13(9-15)20-11-18-19(28-20)8-7-14-12-25-22(27-21(14)18)26-16-5-2-6-17(10-16)29-24/h1-6,9-12H,7-8,24H2,(H,25,26,27). The smallest absolute Gasteiger partial charge is 0.227 e. The van der Waals surface area contributed by atoms with Gasteiger partial charge >= 0.3 is 0 Å². The highest BCUT2D eigenvalue weighted by Gasteiger charge is 2.22. The van der Waals surface area contributed by atoms with Crippen LogP contribution in [0.15, 0.2) is 65.7 Å². The van der Waals surface area contributed by atoms with Gasteiger partial charge in [0.15, 0.2) is 0 Å². The van der Waals surface area contributed by atoms with E-state index in [1.54, 1.807) is 0 Å². The summed E-state index contributed by atoms with van der Waals surface area (Å²) in [5.41, 5.74) is 5.45. The van der Waals surface area contributed by atoms with Crippen LogP contribution in [-0.2, 0) is 12.8 Å². The maximum Gasteiger partial charge on any atom is 0.227 e. The Morgan fingerprint density at radius 2 is 1.97 bits per heavy atom. The van der Waals surface area contributed by atoms with Crippen LogP contribution in [0.2, 0.25) is 5.02 Å². The van der Waals surface area contributed by atoms with Crippen molar-refractivity contribution in [2.75, 3.05) is 5.32 Å². The Morgan fingerprint density at radius 3 is 2.83 bits per heavy atom. The van der Waals surface area contributed by atoms with Crippen molar-refractivity contribution in [3.63, 3.8) is 0 Å². The van der Waals surface area contributed by atoms with Crippen molar-refractivity contribution >= 4 is 46.5 Å². The summed E-state index contributed by atoms with van der Waals surface area (Å²) >= 11 is 9.23. The number of rotatable bonds is 4. The zero-order valence-corrected chi connectivity index (χ0v) is 17.7. The summed E-state index contributed by atoms with van der Waals surface area (Å²) in [5, 5.41) is 9.72. The number of benzene rings is 2. The lowest BCUT2D eigenvalue weighted by atomic mass is 9.96. The highest BCUT2D eigenvalue weighted by atomic mass is 35.5. The van der Waals surface area contributed by atoms with Crippen molar-refractivity contribution in [2.45, 2.75) is 17.7 Å². The van der Waals surface area contributed by atoms with Crippen LogP contribution in [0, 0.1) is 0 Å². The van der Waals surface area contributed by atoms with E-state index in [-0.39, 0.29) is 0 Å². The van der Waals surface area contributed by atoms with E-state index in [9.17, 15) is 0 Å². The number of fused-ring (bicyclic) bond motifs is 3. The Morgan fingerprint density at radius 1 is 1.07 bits per heavy atom. The van der Waals surface area contributed by atoms with Crippen molar-refractivity contribution in [3.8, 4) is 21.7 Å². The molecule has 0 spiro atoms. The van der Waals surface area contributed by atoms with E-state index in [0.29, 0.717) is 5.95 Å². The van der Waals surface area contributed by atoms with Gasteiger partial charge in [-0.1, -0.05) is 29.8 Å². The van der Waals surface area contributed by atoms with Crippen LogP contribution < -0.4 is 10.5 Å². The second-order valence-electron chi connectivity index (χ2n) is 6.80. The molecule has 4 aromatic rings. The number of halogens is 1. The van der Waals surface area contributed by atoms with Crippen LogP contribution in [0.25, 0.3) is 21.7 Å². The molecule has 0 saturated carbocycles. The number of nitrogens with one attached hydrogen (secondary N) is 1. The molecule has 4 nitrogen and oxygen atoms in total. The molecule has 0 bridgehead atoms. The van der Waals surface area contributed by atoms with E-state index in [0.717, 1.165) is 39.7 Å². The highest BCUT2D eigenvalue weighted by Crippen LogP contribution is 2.42. The number of hydrogen-bond acceptors (Lipinski definition) is 6. The summed E-state index contributed by atoms with van der Waals surface area (Å²) in [6, 6.07) is 18.1. The second kappa shape index (κ2) is 7.80. The second-order valence-corrected chi connectivity index (χ2v) is 9.08. The summed E-state index contributed by atoms with van der Waals surface area (Å²) < 4.78 is 0. The lowest BCUT2D eigenvalue weighted by Gasteiger charge is -2.16. The van der Waals surface area contributed by atoms with Crippen LogP contribution in [-0.4, -0.2) is 9.97 Å². The Labute approximate surface area is 182 Å². The van der Waals surface area contributed by atoms with Gasteiger partial charge in [-0.2, -0.15) is 0 Å². The first-order chi connectivity index (χ1) is 14.2. The molecule has 29 heavy (non-hydrogen) atoms. The minimum atomic E-state index is 0.589. The third-order valence-corrected chi connectivity index (χ3v) is 6.89. The van der Waals surface area contributed by atoms with E-state index >= 15 is 0 Å². The van der Waals surface area contributed by atoms with Crippen molar-refractivity contribution in [1.29, 1.82) is 0 Å². The average Bonchev–Trinajstić information content (AvgIpc) is 3.19. The van der Waals surface area contributed by atoms with Crippen molar-refractivity contribution in [3.05, 3.63) is 76.3 Å². The van der Waals surface area contributed by atoms with Crippen LogP contribution in [0.5, 0.6) is 0 Å². The van der Waals surface area contributed by atoms with Crippen LogP contribution in [0.3, 0.4) is 0 Å². The van der Waals surface area contributed by atoms with Gasteiger partial charge in [-0.15, -0.1) is 11.3 Å². The average molecular weight is 437 g/mol. The topological polar surface area (TPSA) is 63.8 Å². The molecule has 1 aliphatic rings. The molecule has 0 unspecified atom stereocenters. The monoisotopic (exact) mass is 436 g/mol. The molecular formula is C22H17ClN4S2. The van der Waals surface area contributed by atoms with Gasteiger partial charge < -0.3 is 5.32 Å². The zero-order chi connectivity index (χ0) is 19.8. The van der Waals surface area contributed by atoms with Crippen LogP contribution >= 0.6 is 34.9 Å². The maximum absolute atomic E-state index is 6.19. The van der Waals surface area contributed by atoms with E-state index < -0.39 is 0 Å². The minimum Gasteiger partial charge on any atom is -0.324 e. The van der Waals surface area contributed by atoms with Crippen molar-refractivity contribution < 1.29 is 0 Å². The molecule has 2 heterocycles. The van der Waals surface area contributed by atoms with Crippen molar-refractivity contribution in [2.24, 2.45) is 5.14 Å². The van der Waals surface area contributed by atoms with Crippen LogP contribution in [0.4, 0.5) is 11.6 Å². The quantitative estimate of drug-likeness (QED) is 0.366. The summed E-state index contributed by atoms with van der Waals surface area (Å²) in [7, 11) is 0. The lowest BCUT2D eigenvalue weighted by Crippen LogP contribution is -2.06. The summed E-state index contributed by atoms with van der Waals surface area (Å²) in [5.74, 6) is 0.589. The van der Waals surface area contributed by atoms with Gasteiger partial charge in [0.1, 0.15) is 0 Å². The van der Waals surface area contributed by atoms with Gasteiger partial charge in [-0.05, 0) is 72.3 Å². The Hall–Kier alpha value is -2.38. The van der Waals surface area contributed by atoms with E-state index in [4.69, 9.17) is 21.7 Å². The fourth-order valence-electron chi connectivity index (χ4n) is 3.51. The third kappa shape index (κ3) is 3.76. The zero-order valence-electron chi connectivity index (χ0n) is 15.4. The summed E-state index contributed by atoms with van der Waals surface area (Å²) in [4.78, 5) is 12.9. The number of aryl methyl sites for hydroxylation is 2. The highest BCUT2D eigenvalue weighted by molar-refractivity contribution is 7.97. The predicted molar refractivity (Wildman–Crippen MR) is 123 cm³/mol. The molecule has 7 heteroatoms. The number of nitrogens with zero attached hydrogens (tertiary/aromatic N) is 2. The Balaban J connectivity index is 1.51. The predicted octanol–water partition coefficient (Wildman–Crippen LogP) is 6.33. The molecule has 5 rings (SSSR count). The molecule has 3 N–H and O–H groups in total. The van der Waals surface area contributed by atoms with E-state index in [1.165, 1.54) is 32.8 Å². The molecule has 0 atom stereocenters. The van der Waals surface area contributed by atoms with Crippen LogP contribution in [0.1, 0.15) is 10.4 Å². The molecular weight excluding hydrogens is 420 g/mol. The van der Waals surface area contributed by atoms with Gasteiger partial charge in [0, 0.05) is 37.1 Å². The summed E-state index contributed by atoms with van der Waals surface area (Å²) in [6.07, 6.45) is 3.91. The fourth-order valence-corrected chi connectivity index (χ4v) is 5.21. The van der Waals surface area contributed by atoms with Gasteiger partial charge in [0.25, 0.3) is 0 Å². The van der Waals surface area contributed by atoms with Gasteiger partial charge in [0.2, 0.25) is 5.95 Å². The first-order valence-electron chi connectivity index (χ1n) is 9.18. The van der Waals surface area contributed by atoms with Gasteiger partial charge in [-0.25, -0.2) is 9.97 Å². The largest absolute Gasteiger partial charge is 0.324 e. The van der Waals surface area contributed by atoms with Gasteiger partial charge in [-0.3, -0.25) is 5.14 Å². The number of hydrogen-bond donors (Lipinski definition) is 2. The lowest BCUT2D eigenvalue weighted by molar-refractivity contribution is 0.930. The molecule has 0 aliphatic heterocycles. The molecule has 0 radical (unpaired) electrons. The van der Waals surface area contributed by atoms with E-state index in [1.807, 2.05) is 60.0 Å². The number of aromatic nitrogens is 2. The molecule has 2 aromatic heterocycles. The van der Waals surface area contributed by atoms with Gasteiger partial charge in [0.05, 0.1) is 5.69 Å². The Kier molecular flexibility index (Phi) is 5.01. The first kappa shape index (κ1) is 18.6. The Bertz CT molecular complexity index is 1210. The SMILES string of the molecule is NSc1cccc(Nc2ncc3c(n2)-c2cc(-c4cccc(Cl)c4)sc2CC3)c1. The number of anilines is 2. The molecule has 0 amide bonds. The summed E-state index contributed by atoms with van der Waals surface area (Å²) in [6.45, 7) is 0. The third-order valence-electron chi connectivity index (χ3n) is 4.89. The maximum atomic E-state index is 6.19. The molecule has 0 fully saturated rings. The minimum absolute atomic E-state index is 0.589. The number of thiophene rings is 1. The number of nitrogens with two attached hydrogens (primary N) is 1. The molecule has 0 saturated heterocycles. The fraction of sp³-hybridized carbons (Fsp3) is 0.0909. The first-order valence-corrected chi connectivity index (χ1v) is 11.3. The molecule has 144 valence electrons. The normalized spacial score (nSPS) is 12.3.